The van der Waals surface area contributed by atoms with Gasteiger partial charge in [-0.25, -0.2) is 0 Å². The number of benzene rings is 1. The number of phenolic OH excluding ortho intramolecular Hbond substituents is 1. The Bertz CT molecular complexity index is 1290. The maximum Gasteiger partial charge on any atom is 0.306 e. The Labute approximate surface area is 212 Å². The number of hydrogen-bond donors (Lipinski definition) is 5. The van der Waals surface area contributed by atoms with Crippen LogP contribution < -0.4 is 5.73 Å². The van der Waals surface area contributed by atoms with Gasteiger partial charge in [0, 0.05) is 30.3 Å². The van der Waals surface area contributed by atoms with E-state index in [0.717, 1.165) is 25.7 Å². The van der Waals surface area contributed by atoms with Gasteiger partial charge in [0.05, 0.1) is 5.56 Å². The molecule has 0 aromatic heterocycles. The minimum Gasteiger partial charge on any atom is -0.511 e. The fourth-order valence-corrected chi connectivity index (χ4v) is 6.73. The van der Waals surface area contributed by atoms with E-state index in [1.54, 1.807) is 19.1 Å². The van der Waals surface area contributed by atoms with E-state index in [9.17, 15) is 39.6 Å². The van der Waals surface area contributed by atoms with Gasteiger partial charge in [0.2, 0.25) is 5.78 Å². The maximum absolute atomic E-state index is 13.6. The molecule has 5 atom stereocenters. The molecule has 0 spiro atoms. The number of allylic oxidation sites excluding steroid dienone is 1. The maximum atomic E-state index is 13.6. The number of phenols is 1. The Morgan fingerprint density at radius 1 is 1.14 bits per heavy atom. The summed E-state index contributed by atoms with van der Waals surface area (Å²) in [6.45, 7) is 1.72. The third-order valence-electron chi connectivity index (χ3n) is 8.53. The van der Waals surface area contributed by atoms with Gasteiger partial charge >= 0.3 is 5.97 Å². The van der Waals surface area contributed by atoms with Crippen molar-refractivity contribution in [3.05, 3.63) is 52.0 Å². The van der Waals surface area contributed by atoms with Crippen molar-refractivity contribution in [1.82, 2.24) is 0 Å². The van der Waals surface area contributed by atoms with Crippen LogP contribution in [0.3, 0.4) is 0 Å². The van der Waals surface area contributed by atoms with E-state index >= 15 is 0 Å². The number of ether oxygens (including phenoxy) is 1. The molecule has 0 bridgehead atoms. The second-order valence-corrected chi connectivity index (χ2v) is 10.5. The van der Waals surface area contributed by atoms with Crippen molar-refractivity contribution in [2.24, 2.45) is 23.5 Å². The van der Waals surface area contributed by atoms with Gasteiger partial charge in [-0.1, -0.05) is 31.9 Å². The summed E-state index contributed by atoms with van der Waals surface area (Å²) in [5.41, 5.74) is 1.52. The highest BCUT2D eigenvalue weighted by atomic mass is 16.5. The van der Waals surface area contributed by atoms with Crippen molar-refractivity contribution < 1.29 is 44.3 Å². The summed E-state index contributed by atoms with van der Waals surface area (Å²) in [7, 11) is 0. The molecule has 196 valence electrons. The summed E-state index contributed by atoms with van der Waals surface area (Å²) in [5, 5.41) is 44.0. The summed E-state index contributed by atoms with van der Waals surface area (Å²) < 4.78 is 5.90. The average Bonchev–Trinajstić information content (AvgIpc) is 3.34. The van der Waals surface area contributed by atoms with Crippen LogP contribution in [0.5, 0.6) is 5.75 Å². The molecule has 1 amide bonds. The largest absolute Gasteiger partial charge is 0.511 e. The van der Waals surface area contributed by atoms with Gasteiger partial charge in [0.15, 0.2) is 11.4 Å². The summed E-state index contributed by atoms with van der Waals surface area (Å²) in [6.07, 6.45) is 2.05. The van der Waals surface area contributed by atoms with Crippen molar-refractivity contribution in [1.29, 1.82) is 0 Å². The van der Waals surface area contributed by atoms with Crippen molar-refractivity contribution in [2.75, 3.05) is 0 Å². The normalized spacial score (nSPS) is 31.6. The number of nitrogens with two attached hydrogens (primary N) is 1. The van der Waals surface area contributed by atoms with Crippen LogP contribution in [0.1, 0.15) is 67.3 Å². The number of aromatic hydroxyl groups is 1. The first-order valence-electron chi connectivity index (χ1n) is 12.5. The van der Waals surface area contributed by atoms with Crippen molar-refractivity contribution >= 4 is 23.4 Å². The zero-order chi connectivity index (χ0) is 26.8. The summed E-state index contributed by atoms with van der Waals surface area (Å²) in [6, 6.07) is 4.50. The van der Waals surface area contributed by atoms with Gasteiger partial charge in [-0.05, 0) is 36.3 Å². The first kappa shape index (κ1) is 25.0. The van der Waals surface area contributed by atoms with Crippen LogP contribution in [0, 0.1) is 17.8 Å². The quantitative estimate of drug-likeness (QED) is 0.299. The molecule has 1 aromatic rings. The molecule has 0 aliphatic heterocycles. The molecule has 10 heteroatoms. The van der Waals surface area contributed by atoms with E-state index < -0.39 is 76.4 Å². The number of Topliss-reactive ketones (excluding diaryl/α,β-unsaturated/α-hetero) is 2. The van der Waals surface area contributed by atoms with Crippen molar-refractivity contribution in [3.8, 4) is 5.75 Å². The molecule has 0 heterocycles. The van der Waals surface area contributed by atoms with Gasteiger partial charge < -0.3 is 30.9 Å². The van der Waals surface area contributed by atoms with E-state index in [2.05, 4.69) is 0 Å². The molecule has 5 rings (SSSR count). The van der Waals surface area contributed by atoms with Crippen LogP contribution in [0.4, 0.5) is 0 Å². The molecule has 1 fully saturated rings. The standard InChI is InChI=1S/C27H29NO9/c1-11-13-7-4-8-15(29)19(13)22(32)21-18(11)23(37-17(31)9-12-5-2-3-6-12)14-10-16(30)20(26(28)35)24(33)27(14,36)25(21)34/h4,7-8,11-12,14,18,23,29-30,34,36H,2-3,5-6,9-10H2,1H3,(H2,28,35)/t11-,14+,18+,23+,27+/m0/s1. The van der Waals surface area contributed by atoms with E-state index in [1.165, 1.54) is 6.07 Å². The van der Waals surface area contributed by atoms with E-state index in [-0.39, 0.29) is 29.2 Å². The van der Waals surface area contributed by atoms with Gasteiger partial charge in [-0.3, -0.25) is 19.2 Å². The molecule has 0 saturated heterocycles. The summed E-state index contributed by atoms with van der Waals surface area (Å²) >= 11 is 0. The predicted molar refractivity (Wildman–Crippen MR) is 127 cm³/mol. The number of rotatable bonds is 4. The van der Waals surface area contributed by atoms with Crippen LogP contribution in [0.2, 0.25) is 0 Å². The van der Waals surface area contributed by atoms with Gasteiger partial charge in [-0.2, -0.15) is 0 Å². The van der Waals surface area contributed by atoms with Gasteiger partial charge in [0.25, 0.3) is 5.91 Å². The number of carbonyl (C=O) groups excluding carboxylic acids is 4. The van der Waals surface area contributed by atoms with E-state index in [4.69, 9.17) is 10.5 Å². The second-order valence-electron chi connectivity index (χ2n) is 10.5. The summed E-state index contributed by atoms with van der Waals surface area (Å²) in [5.74, 6) is -8.97. The topological polar surface area (TPSA) is 184 Å². The number of aliphatic hydroxyl groups excluding tert-OH is 2. The predicted octanol–water partition coefficient (Wildman–Crippen LogP) is 2.24. The highest BCUT2D eigenvalue weighted by Gasteiger charge is 2.65. The molecule has 4 aliphatic carbocycles. The smallest absolute Gasteiger partial charge is 0.306 e. The highest BCUT2D eigenvalue weighted by Crippen LogP contribution is 2.55. The Morgan fingerprint density at radius 2 is 1.81 bits per heavy atom. The zero-order valence-electron chi connectivity index (χ0n) is 20.3. The second kappa shape index (κ2) is 8.72. The van der Waals surface area contributed by atoms with Crippen molar-refractivity contribution in [3.63, 3.8) is 0 Å². The lowest BCUT2D eigenvalue weighted by molar-refractivity contribution is -0.175. The first-order chi connectivity index (χ1) is 17.5. The Morgan fingerprint density at radius 3 is 2.46 bits per heavy atom. The Kier molecular flexibility index (Phi) is 5.90. The molecule has 37 heavy (non-hydrogen) atoms. The molecule has 1 aromatic carbocycles. The van der Waals surface area contributed by atoms with Crippen molar-refractivity contribution in [2.45, 2.75) is 63.1 Å². The van der Waals surface area contributed by atoms with Gasteiger partial charge in [-0.15, -0.1) is 0 Å². The minimum absolute atomic E-state index is 0.0948. The molecule has 10 nitrogen and oxygen atoms in total. The lowest BCUT2D eigenvalue weighted by Crippen LogP contribution is -2.63. The number of fused-ring (bicyclic) bond motifs is 3. The SMILES string of the molecule is C[C@H]1c2cccc(O)c2C(=O)C2=C(O)[C@]3(O)C(=O)C(C(N)=O)=C(O)C[C@@H]3[C@@H](OC(=O)CC3CCCC3)[C@@H]21. The van der Waals surface area contributed by atoms with Crippen LogP contribution in [0.15, 0.2) is 40.9 Å². The van der Waals surface area contributed by atoms with Crippen LogP contribution >= 0.6 is 0 Å². The lowest BCUT2D eigenvalue weighted by Gasteiger charge is -2.51. The molecule has 4 aliphatic rings. The Balaban J connectivity index is 1.68. The van der Waals surface area contributed by atoms with Crippen LogP contribution in [-0.2, 0) is 19.1 Å². The number of carbonyl (C=O) groups is 4. The Hall–Kier alpha value is -3.66. The number of hydrogen-bond acceptors (Lipinski definition) is 9. The number of esters is 1. The van der Waals surface area contributed by atoms with Gasteiger partial charge in [0.1, 0.15) is 28.9 Å². The molecular formula is C27H29NO9. The van der Waals surface area contributed by atoms with Crippen LogP contribution in [-0.4, -0.2) is 55.6 Å². The fraction of sp³-hybridized carbons (Fsp3) is 0.481. The monoisotopic (exact) mass is 511 g/mol. The third kappa shape index (κ3) is 3.57. The number of aliphatic hydroxyl groups is 3. The van der Waals surface area contributed by atoms with Crippen LogP contribution in [0.25, 0.3) is 0 Å². The molecule has 0 unspecified atom stereocenters. The third-order valence-corrected chi connectivity index (χ3v) is 8.53. The minimum atomic E-state index is -2.85. The fourth-order valence-electron chi connectivity index (χ4n) is 6.73. The average molecular weight is 512 g/mol. The molecular weight excluding hydrogens is 482 g/mol. The number of primary amides is 1. The first-order valence-corrected chi connectivity index (χ1v) is 12.5. The number of ketones is 2. The highest BCUT2D eigenvalue weighted by molar-refractivity contribution is 6.24. The molecule has 1 saturated carbocycles. The number of amides is 1. The van der Waals surface area contributed by atoms with E-state index in [1.807, 2.05) is 0 Å². The zero-order valence-corrected chi connectivity index (χ0v) is 20.3. The van der Waals surface area contributed by atoms with E-state index in [0.29, 0.717) is 5.56 Å². The molecule has 6 N–H and O–H groups in total. The summed E-state index contributed by atoms with van der Waals surface area (Å²) in [4.78, 5) is 52.0. The lowest BCUT2D eigenvalue weighted by atomic mass is 9.56. The molecule has 0 radical (unpaired) electrons.